The van der Waals surface area contributed by atoms with Crippen LogP contribution in [0.5, 0.6) is 0 Å². The third-order valence-corrected chi connectivity index (χ3v) is 4.44. The predicted molar refractivity (Wildman–Crippen MR) is 79.4 cm³/mol. The second-order valence-electron chi connectivity index (χ2n) is 5.73. The number of hydrogen-bond donors (Lipinski definition) is 2. The number of aromatic nitrogens is 2. The van der Waals surface area contributed by atoms with Crippen molar-refractivity contribution >= 4 is 17.0 Å². The Labute approximate surface area is 123 Å². The lowest BCUT2D eigenvalue weighted by molar-refractivity contribution is 0.0699. The Morgan fingerprint density at radius 2 is 2.24 bits per heavy atom. The van der Waals surface area contributed by atoms with E-state index in [2.05, 4.69) is 9.55 Å². The van der Waals surface area contributed by atoms with E-state index in [9.17, 15) is 15.0 Å². The minimum atomic E-state index is -0.950. The number of nitrogens with zero attached hydrogens (tertiary/aromatic N) is 2. The highest BCUT2D eigenvalue weighted by Crippen LogP contribution is 2.29. The number of benzene rings is 1. The van der Waals surface area contributed by atoms with Crippen molar-refractivity contribution in [2.24, 2.45) is 5.92 Å². The summed E-state index contributed by atoms with van der Waals surface area (Å²) in [5, 5.41) is 19.3. The van der Waals surface area contributed by atoms with Crippen LogP contribution in [0.3, 0.4) is 0 Å². The minimum absolute atomic E-state index is 0.237. The summed E-state index contributed by atoms with van der Waals surface area (Å²) in [5.41, 5.74) is 1.65. The Morgan fingerprint density at radius 1 is 1.43 bits per heavy atom. The zero-order valence-corrected chi connectivity index (χ0v) is 12.1. The molecule has 2 N–H and O–H groups in total. The summed E-state index contributed by atoms with van der Waals surface area (Å²) in [7, 11) is 0. The van der Waals surface area contributed by atoms with Crippen molar-refractivity contribution in [2.45, 2.75) is 45.3 Å². The molecule has 1 heterocycles. The Hall–Kier alpha value is -1.88. The molecule has 2 unspecified atom stereocenters. The maximum atomic E-state index is 11.3. The van der Waals surface area contributed by atoms with Crippen LogP contribution < -0.4 is 0 Å². The minimum Gasteiger partial charge on any atom is -0.478 e. The first-order chi connectivity index (χ1) is 10.1. The number of aryl methyl sites for hydroxylation is 1. The lowest BCUT2D eigenvalue weighted by atomic mass is 10.1. The summed E-state index contributed by atoms with van der Waals surface area (Å²) < 4.78 is 2.08. The average molecular weight is 288 g/mol. The molecule has 0 amide bonds. The molecule has 1 fully saturated rings. The van der Waals surface area contributed by atoms with Crippen molar-refractivity contribution in [3.8, 4) is 0 Å². The van der Waals surface area contributed by atoms with Crippen LogP contribution in [0.2, 0.25) is 0 Å². The van der Waals surface area contributed by atoms with Gasteiger partial charge in [-0.3, -0.25) is 0 Å². The summed E-state index contributed by atoms with van der Waals surface area (Å²) in [4.78, 5) is 15.9. The molecule has 1 aliphatic carbocycles. The van der Waals surface area contributed by atoms with E-state index in [1.807, 2.05) is 13.0 Å². The molecule has 0 spiro atoms. The quantitative estimate of drug-likeness (QED) is 0.906. The Balaban J connectivity index is 2.08. The molecule has 2 aromatic rings. The van der Waals surface area contributed by atoms with Crippen molar-refractivity contribution in [3.63, 3.8) is 0 Å². The third-order valence-electron chi connectivity index (χ3n) is 4.44. The molecule has 0 radical (unpaired) electrons. The van der Waals surface area contributed by atoms with E-state index in [-0.39, 0.29) is 17.6 Å². The van der Waals surface area contributed by atoms with Crippen LogP contribution in [0.1, 0.15) is 42.4 Å². The fourth-order valence-corrected chi connectivity index (χ4v) is 3.31. The second-order valence-corrected chi connectivity index (χ2v) is 5.73. The first-order valence-corrected chi connectivity index (χ1v) is 7.51. The van der Waals surface area contributed by atoms with Crippen LogP contribution in [-0.4, -0.2) is 31.8 Å². The highest BCUT2D eigenvalue weighted by Gasteiger charge is 2.27. The van der Waals surface area contributed by atoms with Crippen molar-refractivity contribution < 1.29 is 15.0 Å². The second kappa shape index (κ2) is 5.48. The summed E-state index contributed by atoms with van der Waals surface area (Å²) in [6.07, 6.45) is 3.42. The van der Waals surface area contributed by atoms with E-state index in [1.54, 1.807) is 12.1 Å². The standard InChI is InChI=1S/C16H20N2O3/c1-2-14-17-15-11(16(20)21)6-4-7-12(15)18(14)9-10-5-3-8-13(10)19/h4,6-7,10,13,19H,2-3,5,8-9H2,1H3,(H,20,21). The lowest BCUT2D eigenvalue weighted by Crippen LogP contribution is -2.20. The molecule has 112 valence electrons. The van der Waals surface area contributed by atoms with Gasteiger partial charge in [0.2, 0.25) is 0 Å². The highest BCUT2D eigenvalue weighted by atomic mass is 16.4. The first kappa shape index (κ1) is 14.1. The number of imidazole rings is 1. The number of aliphatic hydroxyl groups is 1. The van der Waals surface area contributed by atoms with E-state index < -0.39 is 5.97 Å². The van der Waals surface area contributed by atoms with Gasteiger partial charge in [-0.15, -0.1) is 0 Å². The zero-order valence-electron chi connectivity index (χ0n) is 12.1. The Kier molecular flexibility index (Phi) is 3.68. The molecule has 2 atom stereocenters. The van der Waals surface area contributed by atoms with E-state index in [4.69, 9.17) is 0 Å². The van der Waals surface area contributed by atoms with Crippen molar-refractivity contribution in [2.75, 3.05) is 0 Å². The van der Waals surface area contributed by atoms with Crippen LogP contribution in [-0.2, 0) is 13.0 Å². The monoisotopic (exact) mass is 288 g/mol. The number of carboxylic acid groups (broad SMARTS) is 1. The number of para-hydroxylation sites is 1. The highest BCUT2D eigenvalue weighted by molar-refractivity contribution is 6.01. The summed E-state index contributed by atoms with van der Waals surface area (Å²) >= 11 is 0. The molecule has 1 saturated carbocycles. The van der Waals surface area contributed by atoms with Gasteiger partial charge in [-0.05, 0) is 25.0 Å². The van der Waals surface area contributed by atoms with E-state index in [1.165, 1.54) is 0 Å². The van der Waals surface area contributed by atoms with Crippen LogP contribution in [0, 0.1) is 5.92 Å². The summed E-state index contributed by atoms with van der Waals surface area (Å²) in [5.74, 6) is 0.174. The normalized spacial score (nSPS) is 22.0. The van der Waals surface area contributed by atoms with Gasteiger partial charge in [0.25, 0.3) is 0 Å². The number of fused-ring (bicyclic) bond motifs is 1. The molecule has 1 aromatic heterocycles. The van der Waals surface area contributed by atoms with E-state index in [0.29, 0.717) is 12.1 Å². The molecular weight excluding hydrogens is 268 g/mol. The largest absolute Gasteiger partial charge is 0.478 e. The number of hydrogen-bond acceptors (Lipinski definition) is 3. The molecule has 21 heavy (non-hydrogen) atoms. The number of aromatic carboxylic acids is 1. The molecule has 0 aliphatic heterocycles. The maximum absolute atomic E-state index is 11.3. The number of carboxylic acids is 1. The number of aliphatic hydroxyl groups excluding tert-OH is 1. The van der Waals surface area contributed by atoms with Gasteiger partial charge in [-0.2, -0.15) is 0 Å². The smallest absolute Gasteiger partial charge is 0.337 e. The topological polar surface area (TPSA) is 75.3 Å². The first-order valence-electron chi connectivity index (χ1n) is 7.51. The van der Waals surface area contributed by atoms with Crippen LogP contribution >= 0.6 is 0 Å². The van der Waals surface area contributed by atoms with Gasteiger partial charge >= 0.3 is 5.97 Å². The molecule has 1 aliphatic rings. The van der Waals surface area contributed by atoms with Crippen molar-refractivity contribution in [1.29, 1.82) is 0 Å². The fraction of sp³-hybridized carbons (Fsp3) is 0.500. The molecule has 0 bridgehead atoms. The molecule has 5 heteroatoms. The SMILES string of the molecule is CCc1nc2c(C(=O)O)cccc2n1CC1CCCC1O. The fourth-order valence-electron chi connectivity index (χ4n) is 3.31. The maximum Gasteiger partial charge on any atom is 0.337 e. The van der Waals surface area contributed by atoms with Gasteiger partial charge < -0.3 is 14.8 Å². The molecule has 1 aromatic carbocycles. The van der Waals surface area contributed by atoms with Crippen LogP contribution in [0.15, 0.2) is 18.2 Å². The van der Waals surface area contributed by atoms with Gasteiger partial charge in [-0.25, -0.2) is 9.78 Å². The molecule has 5 nitrogen and oxygen atoms in total. The van der Waals surface area contributed by atoms with Crippen molar-refractivity contribution in [3.05, 3.63) is 29.6 Å². The van der Waals surface area contributed by atoms with Gasteiger partial charge in [0.1, 0.15) is 11.3 Å². The van der Waals surface area contributed by atoms with E-state index >= 15 is 0 Å². The van der Waals surface area contributed by atoms with Gasteiger partial charge in [0.15, 0.2) is 0 Å². The third kappa shape index (κ3) is 2.42. The summed E-state index contributed by atoms with van der Waals surface area (Å²) in [6.45, 7) is 2.73. The van der Waals surface area contributed by atoms with Gasteiger partial charge in [-0.1, -0.05) is 19.4 Å². The van der Waals surface area contributed by atoms with E-state index in [0.717, 1.165) is 37.0 Å². The van der Waals surface area contributed by atoms with Crippen LogP contribution in [0.25, 0.3) is 11.0 Å². The lowest BCUT2D eigenvalue weighted by Gasteiger charge is -2.17. The predicted octanol–water partition coefficient (Wildman–Crippen LogP) is 2.46. The number of rotatable bonds is 4. The van der Waals surface area contributed by atoms with Gasteiger partial charge in [0, 0.05) is 18.9 Å². The zero-order chi connectivity index (χ0) is 15.0. The molecular formula is C16H20N2O3. The molecule has 0 saturated heterocycles. The Morgan fingerprint density at radius 3 is 2.86 bits per heavy atom. The summed E-state index contributed by atoms with van der Waals surface area (Å²) in [6, 6.07) is 5.26. The van der Waals surface area contributed by atoms with Gasteiger partial charge in [0.05, 0.1) is 17.2 Å². The Bertz CT molecular complexity index is 677. The molecule has 3 rings (SSSR count). The number of carbonyl (C=O) groups is 1. The average Bonchev–Trinajstić information content (AvgIpc) is 3.03. The van der Waals surface area contributed by atoms with Crippen molar-refractivity contribution in [1.82, 2.24) is 9.55 Å². The van der Waals surface area contributed by atoms with Crippen LogP contribution in [0.4, 0.5) is 0 Å².